The highest BCUT2D eigenvalue weighted by molar-refractivity contribution is 14.1. The highest BCUT2D eigenvalue weighted by atomic mass is 127. The van der Waals surface area contributed by atoms with Gasteiger partial charge in [-0.25, -0.2) is 23.1 Å². The molecule has 0 fully saturated rings. The van der Waals surface area contributed by atoms with Gasteiger partial charge in [0.2, 0.25) is 9.30 Å². The van der Waals surface area contributed by atoms with Crippen LogP contribution in [0.4, 0.5) is 0 Å². The van der Waals surface area contributed by atoms with Crippen molar-refractivity contribution in [3.05, 3.63) is 36.0 Å². The first kappa shape index (κ1) is 15.8. The highest BCUT2D eigenvalue weighted by Gasteiger charge is 2.18. The molecule has 2 heterocycles. The zero-order valence-corrected chi connectivity index (χ0v) is 15.6. The first-order valence-corrected chi connectivity index (χ1v) is 9.77. The van der Waals surface area contributed by atoms with Gasteiger partial charge in [0.15, 0.2) is 0 Å². The molecule has 0 aliphatic carbocycles. The van der Waals surface area contributed by atoms with Crippen LogP contribution in [0.25, 0.3) is 16.2 Å². The summed E-state index contributed by atoms with van der Waals surface area (Å²) >= 11 is 3.35. The Hall–Kier alpha value is -1.04. The van der Waals surface area contributed by atoms with Gasteiger partial charge in [-0.3, -0.25) is 0 Å². The number of halogens is 1. The molecular formula is C13H13IN4O2S2. The Labute approximate surface area is 145 Å². The molecule has 2 aromatic heterocycles. The van der Waals surface area contributed by atoms with E-state index in [-0.39, 0.29) is 7.76 Å². The van der Waals surface area contributed by atoms with E-state index in [1.807, 2.05) is 12.1 Å². The number of rotatable bonds is 3. The largest absolute Gasteiger partial charge is 0.267 e. The summed E-state index contributed by atoms with van der Waals surface area (Å²) < 4.78 is 23.9. The Morgan fingerprint density at radius 2 is 1.91 bits per heavy atom. The monoisotopic (exact) mass is 448 g/mol. The molecule has 3 aromatic rings. The van der Waals surface area contributed by atoms with Crippen LogP contribution >= 0.6 is 33.9 Å². The lowest BCUT2D eigenvalue weighted by molar-refractivity contribution is 0.595. The number of benzene rings is 1. The lowest BCUT2D eigenvalue weighted by atomic mass is 10.0. The van der Waals surface area contributed by atoms with Gasteiger partial charge in [-0.2, -0.15) is 0 Å². The van der Waals surface area contributed by atoms with E-state index in [0.29, 0.717) is 4.96 Å². The third kappa shape index (κ3) is 3.03. The van der Waals surface area contributed by atoms with Crippen molar-refractivity contribution in [2.24, 2.45) is 5.14 Å². The number of alkyl halides is 1. The summed E-state index contributed by atoms with van der Waals surface area (Å²) in [6.45, 7) is 4.29. The van der Waals surface area contributed by atoms with Crippen molar-refractivity contribution in [3.63, 3.8) is 0 Å². The maximum absolute atomic E-state index is 11.3. The number of hydrogen-bond donors (Lipinski definition) is 1. The Bertz CT molecular complexity index is 905. The second kappa shape index (κ2) is 5.25. The van der Waals surface area contributed by atoms with Crippen LogP contribution in [-0.4, -0.2) is 23.0 Å². The van der Waals surface area contributed by atoms with Gasteiger partial charge in [0.1, 0.15) is 0 Å². The van der Waals surface area contributed by atoms with Crippen LogP contribution in [0.3, 0.4) is 0 Å². The summed E-state index contributed by atoms with van der Waals surface area (Å²) in [4.78, 5) is 4.90. The molecule has 9 heteroatoms. The summed E-state index contributed by atoms with van der Waals surface area (Å²) in [6, 6.07) is 8.14. The van der Waals surface area contributed by atoms with E-state index < -0.39 is 10.0 Å². The van der Waals surface area contributed by atoms with Crippen molar-refractivity contribution in [1.82, 2.24) is 14.6 Å². The molecule has 0 bridgehead atoms. The van der Waals surface area contributed by atoms with Crippen LogP contribution < -0.4 is 5.14 Å². The molecule has 0 aliphatic heterocycles. The van der Waals surface area contributed by atoms with Crippen molar-refractivity contribution >= 4 is 48.9 Å². The van der Waals surface area contributed by atoms with Crippen molar-refractivity contribution in [1.29, 1.82) is 0 Å². The minimum Gasteiger partial charge on any atom is -0.223 e. The molecule has 22 heavy (non-hydrogen) atoms. The molecule has 0 saturated heterocycles. The highest BCUT2D eigenvalue weighted by Crippen LogP contribution is 2.32. The normalized spacial score (nSPS) is 12.9. The van der Waals surface area contributed by atoms with Gasteiger partial charge >= 0.3 is 0 Å². The van der Waals surface area contributed by atoms with Gasteiger partial charge in [-0.1, -0.05) is 58.2 Å². The third-order valence-corrected chi connectivity index (χ3v) is 5.99. The summed E-state index contributed by atoms with van der Waals surface area (Å²) in [5, 5.41) is 9.01. The topological polar surface area (TPSA) is 90.4 Å². The first-order chi connectivity index (χ1) is 10.1. The smallest absolute Gasteiger partial charge is 0.223 e. The van der Waals surface area contributed by atoms with Crippen LogP contribution in [0.15, 0.2) is 34.8 Å². The SMILES string of the molecule is CC(C)(I)c1ccc(-c2cn3nc(S(N)(=O)=O)sc3n2)cc1. The molecule has 0 saturated carbocycles. The van der Waals surface area contributed by atoms with Crippen molar-refractivity contribution in [2.45, 2.75) is 21.6 Å². The molecule has 3 rings (SSSR count). The number of hydrogen-bond acceptors (Lipinski definition) is 5. The van der Waals surface area contributed by atoms with Gasteiger partial charge in [-0.05, 0) is 19.4 Å². The second-order valence-electron chi connectivity index (χ2n) is 5.32. The first-order valence-electron chi connectivity index (χ1n) is 6.33. The fourth-order valence-corrected chi connectivity index (χ4v) is 3.84. The van der Waals surface area contributed by atoms with E-state index in [1.54, 1.807) is 6.20 Å². The Morgan fingerprint density at radius 3 is 2.41 bits per heavy atom. The number of imidazole rings is 1. The van der Waals surface area contributed by atoms with E-state index in [2.05, 4.69) is 58.7 Å². The maximum Gasteiger partial charge on any atom is 0.267 e. The fraction of sp³-hybridized carbons (Fsp3) is 0.231. The summed E-state index contributed by atoms with van der Waals surface area (Å²) in [5.41, 5.74) is 2.93. The molecule has 0 atom stereocenters. The van der Waals surface area contributed by atoms with E-state index >= 15 is 0 Å². The molecule has 2 N–H and O–H groups in total. The van der Waals surface area contributed by atoms with E-state index in [0.717, 1.165) is 22.6 Å². The van der Waals surface area contributed by atoms with E-state index in [4.69, 9.17) is 5.14 Å². The Kier molecular flexibility index (Phi) is 3.78. The number of fused-ring (bicyclic) bond motifs is 1. The Balaban J connectivity index is 1.99. The average molecular weight is 448 g/mol. The van der Waals surface area contributed by atoms with Gasteiger partial charge in [0.25, 0.3) is 10.0 Å². The minimum atomic E-state index is -3.79. The van der Waals surface area contributed by atoms with E-state index in [9.17, 15) is 8.42 Å². The number of sulfonamides is 1. The zero-order chi connectivity index (χ0) is 16.1. The van der Waals surface area contributed by atoms with Crippen LogP contribution in [-0.2, 0) is 13.4 Å². The molecule has 116 valence electrons. The van der Waals surface area contributed by atoms with E-state index in [1.165, 1.54) is 10.1 Å². The van der Waals surface area contributed by atoms with Gasteiger partial charge in [0.05, 0.1) is 11.9 Å². The second-order valence-corrected chi connectivity index (χ2v) is 10.7. The lowest BCUT2D eigenvalue weighted by Gasteiger charge is -2.16. The van der Waals surface area contributed by atoms with Gasteiger partial charge in [0, 0.05) is 8.99 Å². The predicted octanol–water partition coefficient (Wildman–Crippen LogP) is 2.78. The Morgan fingerprint density at radius 1 is 1.27 bits per heavy atom. The molecular weight excluding hydrogens is 435 g/mol. The fourth-order valence-electron chi connectivity index (χ4n) is 1.97. The summed E-state index contributed by atoms with van der Waals surface area (Å²) in [6.07, 6.45) is 1.70. The molecule has 0 aliphatic rings. The van der Waals surface area contributed by atoms with Crippen LogP contribution in [0.1, 0.15) is 19.4 Å². The third-order valence-electron chi connectivity index (χ3n) is 3.14. The molecule has 6 nitrogen and oxygen atoms in total. The van der Waals surface area contributed by atoms with Gasteiger partial charge in [-0.15, -0.1) is 5.10 Å². The number of aromatic nitrogens is 3. The van der Waals surface area contributed by atoms with Crippen LogP contribution in [0, 0.1) is 0 Å². The number of primary sulfonamides is 1. The maximum atomic E-state index is 11.3. The number of nitrogens with two attached hydrogens (primary N) is 1. The molecule has 0 amide bonds. The van der Waals surface area contributed by atoms with Crippen LogP contribution in [0.5, 0.6) is 0 Å². The van der Waals surface area contributed by atoms with Crippen LogP contribution in [0.2, 0.25) is 0 Å². The van der Waals surface area contributed by atoms with Gasteiger partial charge < -0.3 is 0 Å². The standard InChI is InChI=1S/C13H13IN4O2S2/c1-13(2,14)9-5-3-8(4-6-9)10-7-18-11(16-10)21-12(17-18)22(15,19)20/h3-7H,1-2H3,(H2,15,19,20). The minimum absolute atomic E-state index is 0.0662. The predicted molar refractivity (Wildman–Crippen MR) is 94.7 cm³/mol. The average Bonchev–Trinajstić information content (AvgIpc) is 2.95. The zero-order valence-electron chi connectivity index (χ0n) is 11.8. The summed E-state index contributed by atoms with van der Waals surface area (Å²) in [7, 11) is -3.79. The lowest BCUT2D eigenvalue weighted by Crippen LogP contribution is -2.12. The molecule has 0 radical (unpaired) electrons. The van der Waals surface area contributed by atoms with Crippen molar-refractivity contribution in [3.8, 4) is 11.3 Å². The molecule has 0 unspecified atom stereocenters. The molecule has 0 spiro atoms. The summed E-state index contributed by atoms with van der Waals surface area (Å²) in [5.74, 6) is 0. The number of nitrogens with zero attached hydrogens (tertiary/aromatic N) is 3. The quantitative estimate of drug-likeness (QED) is 0.493. The van der Waals surface area contributed by atoms with Crippen molar-refractivity contribution < 1.29 is 8.42 Å². The molecule has 1 aromatic carbocycles. The van der Waals surface area contributed by atoms with Crippen molar-refractivity contribution in [2.75, 3.05) is 0 Å².